The van der Waals surface area contributed by atoms with Crippen LogP contribution in [0, 0.1) is 5.92 Å². The number of likely N-dealkylation sites (N-methyl/N-ethyl adjacent to an activating group) is 1. The topological polar surface area (TPSA) is 124 Å². The first-order chi connectivity index (χ1) is 9.73. The van der Waals surface area contributed by atoms with Crippen LogP contribution in [0.15, 0.2) is 10.6 Å². The van der Waals surface area contributed by atoms with Crippen molar-refractivity contribution in [3.05, 3.63) is 10.6 Å². The molecule has 1 saturated heterocycles. The fraction of sp³-hybridized carbons (Fsp3) is 0.583. The van der Waals surface area contributed by atoms with Gasteiger partial charge in [0.05, 0.1) is 18.6 Å². The zero-order valence-corrected chi connectivity index (χ0v) is 12.5. The summed E-state index contributed by atoms with van der Waals surface area (Å²) >= 11 is 1.24. The van der Waals surface area contributed by atoms with Crippen molar-refractivity contribution in [2.45, 2.75) is 18.4 Å². The highest BCUT2D eigenvalue weighted by molar-refractivity contribution is 8.04. The molecule has 2 rings (SSSR count). The van der Waals surface area contributed by atoms with Gasteiger partial charge in [0, 0.05) is 11.4 Å². The van der Waals surface area contributed by atoms with E-state index in [1.807, 2.05) is 0 Å². The lowest BCUT2D eigenvalue weighted by Gasteiger charge is -2.43. The van der Waals surface area contributed by atoms with Gasteiger partial charge in [0.25, 0.3) is 0 Å². The molecule has 0 aromatic rings. The zero-order valence-electron chi connectivity index (χ0n) is 11.6. The summed E-state index contributed by atoms with van der Waals surface area (Å²) in [4.78, 5) is 37.5. The van der Waals surface area contributed by atoms with E-state index in [2.05, 4.69) is 0 Å². The highest BCUT2D eigenvalue weighted by Crippen LogP contribution is 2.50. The van der Waals surface area contributed by atoms with Crippen molar-refractivity contribution < 1.29 is 24.6 Å². The summed E-state index contributed by atoms with van der Waals surface area (Å²) in [6.45, 7) is 1.72. The van der Waals surface area contributed by atoms with E-state index in [9.17, 15) is 24.6 Å². The van der Waals surface area contributed by atoms with Gasteiger partial charge < -0.3 is 15.9 Å². The summed E-state index contributed by atoms with van der Waals surface area (Å²) in [7, 11) is 1.64. The van der Waals surface area contributed by atoms with E-state index in [1.165, 1.54) is 23.6 Å². The Morgan fingerprint density at radius 1 is 1.52 bits per heavy atom. The number of carboxylic acids is 1. The number of hydrogen-bond acceptors (Lipinski definition) is 6. The van der Waals surface area contributed by atoms with Crippen molar-refractivity contribution in [3.63, 3.8) is 0 Å². The van der Waals surface area contributed by atoms with Gasteiger partial charge in [-0.25, -0.2) is 4.79 Å². The van der Waals surface area contributed by atoms with Crippen molar-refractivity contribution in [2.75, 3.05) is 20.1 Å². The Hall–Kier alpha value is -1.58. The predicted octanol–water partition coefficient (Wildman–Crippen LogP) is -1.39. The Morgan fingerprint density at radius 3 is 2.62 bits per heavy atom. The molecule has 116 valence electrons. The van der Waals surface area contributed by atoms with Gasteiger partial charge in [0.15, 0.2) is 0 Å². The molecule has 2 aliphatic rings. The summed E-state index contributed by atoms with van der Waals surface area (Å²) < 4.78 is 0. The summed E-state index contributed by atoms with van der Waals surface area (Å²) in [5.74, 6) is -2.68. The number of carboxylic acid groups (broad SMARTS) is 1. The smallest absolute Gasteiger partial charge is 0.353 e. The van der Waals surface area contributed by atoms with E-state index in [4.69, 9.17) is 5.73 Å². The lowest BCUT2D eigenvalue weighted by Crippen LogP contribution is -2.60. The third-order valence-corrected chi connectivity index (χ3v) is 4.77. The number of amides is 2. The van der Waals surface area contributed by atoms with Crippen LogP contribution in [0.25, 0.3) is 0 Å². The normalized spacial score (nSPS) is 25.9. The van der Waals surface area contributed by atoms with Gasteiger partial charge >= 0.3 is 5.97 Å². The van der Waals surface area contributed by atoms with E-state index in [0.717, 1.165) is 0 Å². The van der Waals surface area contributed by atoms with E-state index in [0.29, 0.717) is 4.91 Å². The number of carbonyl (C=O) groups excluding carboxylic acids is 2. The van der Waals surface area contributed by atoms with Crippen molar-refractivity contribution in [1.29, 1.82) is 0 Å². The molecule has 2 amide bonds. The Kier molecular flexibility index (Phi) is 4.26. The number of primary amides is 1. The molecule has 0 saturated carbocycles. The first kappa shape index (κ1) is 15.8. The molecule has 2 aliphatic heterocycles. The maximum atomic E-state index is 12.0. The average molecular weight is 315 g/mol. The van der Waals surface area contributed by atoms with Crippen LogP contribution in [-0.4, -0.2) is 69.4 Å². The first-order valence-corrected chi connectivity index (χ1v) is 7.23. The summed E-state index contributed by atoms with van der Waals surface area (Å²) in [5, 5.41) is 18.5. The fourth-order valence-corrected chi connectivity index (χ4v) is 4.22. The van der Waals surface area contributed by atoms with Gasteiger partial charge in [-0.1, -0.05) is 0 Å². The molecule has 21 heavy (non-hydrogen) atoms. The Labute approximate surface area is 125 Å². The quantitative estimate of drug-likeness (QED) is 0.516. The molecule has 0 aliphatic carbocycles. The number of β-lactam (4-membered cyclic amide) rings is 1. The molecule has 1 unspecified atom stereocenters. The highest BCUT2D eigenvalue weighted by Gasteiger charge is 2.57. The fourth-order valence-electron chi connectivity index (χ4n) is 2.53. The molecule has 9 heteroatoms. The van der Waals surface area contributed by atoms with Crippen LogP contribution >= 0.6 is 11.8 Å². The molecule has 0 spiro atoms. The molecule has 1 fully saturated rings. The minimum atomic E-state index is -1.19. The summed E-state index contributed by atoms with van der Waals surface area (Å²) in [6.07, 6.45) is -0.830. The lowest BCUT2D eigenvalue weighted by molar-refractivity contribution is -0.156. The van der Waals surface area contributed by atoms with Crippen LogP contribution in [0.5, 0.6) is 0 Å². The molecule has 0 aromatic heterocycles. The number of aliphatic hydroxyl groups excluding tert-OH is 1. The first-order valence-electron chi connectivity index (χ1n) is 6.35. The molecule has 8 nitrogen and oxygen atoms in total. The van der Waals surface area contributed by atoms with Crippen molar-refractivity contribution in [3.8, 4) is 0 Å². The van der Waals surface area contributed by atoms with Gasteiger partial charge in [-0.3, -0.25) is 19.4 Å². The Bertz CT molecular complexity index is 533. The summed E-state index contributed by atoms with van der Waals surface area (Å²) in [6, 6.07) is 0. The SMILES string of the molecule is C[C@@H](O)[C@H]1C(=O)N2C(C(=O)O)=C(CN(C)CC(N)=O)SC12. The van der Waals surface area contributed by atoms with Crippen molar-refractivity contribution in [2.24, 2.45) is 11.7 Å². The number of nitrogens with zero attached hydrogens (tertiary/aromatic N) is 2. The van der Waals surface area contributed by atoms with Crippen LogP contribution in [0.2, 0.25) is 0 Å². The van der Waals surface area contributed by atoms with Crippen molar-refractivity contribution in [1.82, 2.24) is 9.80 Å². The summed E-state index contributed by atoms with van der Waals surface area (Å²) in [5.41, 5.74) is 5.03. The van der Waals surface area contributed by atoms with Gasteiger partial charge in [-0.2, -0.15) is 0 Å². The van der Waals surface area contributed by atoms with Crippen molar-refractivity contribution >= 4 is 29.5 Å². The second kappa shape index (κ2) is 5.66. The number of hydrogen-bond donors (Lipinski definition) is 3. The van der Waals surface area contributed by atoms with Crippen LogP contribution in [-0.2, 0) is 14.4 Å². The number of aliphatic hydroxyl groups is 1. The maximum Gasteiger partial charge on any atom is 0.353 e. The second-order valence-corrected chi connectivity index (χ2v) is 6.41. The Morgan fingerprint density at radius 2 is 2.14 bits per heavy atom. The lowest BCUT2D eigenvalue weighted by atomic mass is 9.92. The van der Waals surface area contributed by atoms with Gasteiger partial charge in [-0.15, -0.1) is 11.8 Å². The van der Waals surface area contributed by atoms with Gasteiger partial charge in [-0.05, 0) is 14.0 Å². The standard InChI is InChI=1S/C12H17N3O5S/c1-5(16)8-10(18)15-9(12(19)20)6(21-11(8)15)3-14(2)4-7(13)17/h5,8,11,16H,3-4H2,1-2H3,(H2,13,17)(H,19,20)/t5-,8+,11?/m1/s1. The van der Waals surface area contributed by atoms with Crippen LogP contribution in [0.1, 0.15) is 6.92 Å². The van der Waals surface area contributed by atoms with E-state index >= 15 is 0 Å². The molecule has 0 aromatic carbocycles. The second-order valence-electron chi connectivity index (χ2n) is 5.20. The minimum absolute atomic E-state index is 0.00456. The van der Waals surface area contributed by atoms with Gasteiger partial charge in [0.2, 0.25) is 11.8 Å². The molecule has 4 N–H and O–H groups in total. The van der Waals surface area contributed by atoms with E-state index < -0.39 is 23.9 Å². The Balaban J connectivity index is 2.19. The molecular weight excluding hydrogens is 298 g/mol. The number of thioether (sulfide) groups is 1. The molecule has 0 bridgehead atoms. The zero-order chi connectivity index (χ0) is 15.9. The number of nitrogens with two attached hydrogens (primary N) is 1. The molecular formula is C12H17N3O5S. The largest absolute Gasteiger partial charge is 0.477 e. The number of aliphatic carboxylic acids is 1. The number of carbonyl (C=O) groups is 3. The third kappa shape index (κ3) is 2.76. The number of rotatable bonds is 6. The third-order valence-electron chi connectivity index (χ3n) is 3.41. The van der Waals surface area contributed by atoms with Crippen LogP contribution in [0.4, 0.5) is 0 Å². The maximum absolute atomic E-state index is 12.0. The molecule has 2 heterocycles. The monoisotopic (exact) mass is 315 g/mol. The minimum Gasteiger partial charge on any atom is -0.477 e. The van der Waals surface area contributed by atoms with Crippen LogP contribution in [0.3, 0.4) is 0 Å². The number of fused-ring (bicyclic) bond motifs is 1. The highest BCUT2D eigenvalue weighted by atomic mass is 32.2. The molecule has 3 atom stereocenters. The van der Waals surface area contributed by atoms with E-state index in [1.54, 1.807) is 11.9 Å². The average Bonchev–Trinajstić information content (AvgIpc) is 2.62. The van der Waals surface area contributed by atoms with Gasteiger partial charge in [0.1, 0.15) is 11.1 Å². The van der Waals surface area contributed by atoms with E-state index in [-0.39, 0.29) is 30.1 Å². The van der Waals surface area contributed by atoms with Crippen LogP contribution < -0.4 is 5.73 Å². The molecule has 0 radical (unpaired) electrons. The predicted molar refractivity (Wildman–Crippen MR) is 74.7 cm³/mol.